The van der Waals surface area contributed by atoms with Crippen molar-refractivity contribution in [2.24, 2.45) is 5.41 Å². The van der Waals surface area contributed by atoms with E-state index in [-0.39, 0.29) is 11.3 Å². The van der Waals surface area contributed by atoms with Crippen LogP contribution in [0.1, 0.15) is 27.2 Å². The van der Waals surface area contributed by atoms with E-state index in [1.807, 2.05) is 20.8 Å². The highest BCUT2D eigenvalue weighted by Crippen LogP contribution is 2.11. The Balaban J connectivity index is 3.43. The van der Waals surface area contributed by atoms with Gasteiger partial charge in [-0.25, -0.2) is 0 Å². The molecule has 0 aliphatic rings. The molecule has 0 saturated heterocycles. The topological polar surface area (TPSA) is 38.3 Å². The molecule has 76 valence electrons. The average Bonchev–Trinajstić information content (AvgIpc) is 2.02. The van der Waals surface area contributed by atoms with Crippen molar-refractivity contribution in [2.45, 2.75) is 27.2 Å². The average molecular weight is 185 g/mol. The summed E-state index contributed by atoms with van der Waals surface area (Å²) in [5, 5.41) is 2.83. The summed E-state index contributed by atoms with van der Waals surface area (Å²) in [7, 11) is 0. The Kier molecular flexibility index (Phi) is 5.19. The highest BCUT2D eigenvalue weighted by Gasteiger charge is 2.19. The van der Waals surface area contributed by atoms with E-state index in [2.05, 4.69) is 11.9 Å². The van der Waals surface area contributed by atoms with Gasteiger partial charge in [0.05, 0.1) is 12.9 Å². The van der Waals surface area contributed by atoms with Gasteiger partial charge in [0.25, 0.3) is 0 Å². The van der Waals surface area contributed by atoms with Gasteiger partial charge in [-0.15, -0.1) is 0 Å². The smallest absolute Gasteiger partial charge is 0.225 e. The van der Waals surface area contributed by atoms with Crippen LogP contribution in [0.25, 0.3) is 0 Å². The fraction of sp³-hybridized carbons (Fsp3) is 0.700. The molecule has 1 amide bonds. The minimum atomic E-state index is -0.306. The van der Waals surface area contributed by atoms with E-state index in [4.69, 9.17) is 4.74 Å². The number of rotatable bonds is 5. The number of ether oxygens (including phenoxy) is 1. The zero-order chi connectivity index (χ0) is 10.3. The Hall–Kier alpha value is -0.990. The Morgan fingerprint density at radius 1 is 1.54 bits per heavy atom. The van der Waals surface area contributed by atoms with E-state index < -0.39 is 0 Å². The molecule has 1 N–H and O–H groups in total. The maximum Gasteiger partial charge on any atom is 0.225 e. The number of hydrogen-bond donors (Lipinski definition) is 1. The molecule has 0 atom stereocenters. The highest BCUT2D eigenvalue weighted by molar-refractivity contribution is 5.81. The van der Waals surface area contributed by atoms with Crippen molar-refractivity contribution in [1.82, 2.24) is 5.32 Å². The first kappa shape index (κ1) is 12.0. The summed E-state index contributed by atoms with van der Waals surface area (Å²) in [5.41, 5.74) is -0.306. The van der Waals surface area contributed by atoms with Crippen LogP contribution >= 0.6 is 0 Å². The molecule has 0 aliphatic carbocycles. The van der Waals surface area contributed by atoms with Crippen LogP contribution in [0.3, 0.4) is 0 Å². The lowest BCUT2D eigenvalue weighted by molar-refractivity contribution is -0.128. The van der Waals surface area contributed by atoms with Gasteiger partial charge in [-0.1, -0.05) is 27.4 Å². The lowest BCUT2D eigenvalue weighted by Crippen LogP contribution is -2.35. The van der Waals surface area contributed by atoms with Crippen molar-refractivity contribution < 1.29 is 9.53 Å². The van der Waals surface area contributed by atoms with Crippen LogP contribution in [0.15, 0.2) is 12.8 Å². The first-order valence-corrected chi connectivity index (χ1v) is 4.49. The predicted molar refractivity (Wildman–Crippen MR) is 53.2 cm³/mol. The molecule has 0 aromatic carbocycles. The van der Waals surface area contributed by atoms with Crippen molar-refractivity contribution in [2.75, 3.05) is 13.2 Å². The van der Waals surface area contributed by atoms with Gasteiger partial charge in [-0.2, -0.15) is 0 Å². The van der Waals surface area contributed by atoms with Crippen LogP contribution in [0.5, 0.6) is 0 Å². The Labute approximate surface area is 80.2 Å². The van der Waals surface area contributed by atoms with Crippen molar-refractivity contribution >= 4 is 5.91 Å². The van der Waals surface area contributed by atoms with E-state index in [0.717, 1.165) is 6.42 Å². The first-order valence-electron chi connectivity index (χ1n) is 4.49. The highest BCUT2D eigenvalue weighted by atomic mass is 16.5. The summed E-state index contributed by atoms with van der Waals surface area (Å²) in [6, 6.07) is 0. The maximum atomic E-state index is 11.3. The van der Waals surface area contributed by atoms with Crippen molar-refractivity contribution in [1.29, 1.82) is 0 Å². The molecule has 0 rings (SSSR count). The summed E-state index contributed by atoms with van der Waals surface area (Å²) in [6.45, 7) is 10.4. The molecule has 0 spiro atoms. The van der Waals surface area contributed by atoms with Crippen molar-refractivity contribution in [3.63, 3.8) is 0 Å². The monoisotopic (exact) mass is 185 g/mol. The summed E-state index contributed by atoms with van der Waals surface area (Å²) in [5.74, 6) is 0.0751. The quantitative estimate of drug-likeness (QED) is 0.523. The summed E-state index contributed by atoms with van der Waals surface area (Å²) >= 11 is 0. The number of nitrogens with one attached hydrogen (secondary N) is 1. The Morgan fingerprint density at radius 2 is 2.15 bits per heavy atom. The molecule has 0 aliphatic heterocycles. The minimum Gasteiger partial charge on any atom is -0.502 e. The van der Waals surface area contributed by atoms with Crippen LogP contribution in [0.2, 0.25) is 0 Å². The molecule has 0 heterocycles. The Morgan fingerprint density at radius 3 is 2.62 bits per heavy atom. The van der Waals surface area contributed by atoms with E-state index in [9.17, 15) is 4.79 Å². The fourth-order valence-corrected chi connectivity index (χ4v) is 0.706. The number of amides is 1. The van der Waals surface area contributed by atoms with E-state index >= 15 is 0 Å². The molecule has 0 bridgehead atoms. The van der Waals surface area contributed by atoms with Crippen LogP contribution in [0, 0.1) is 5.41 Å². The third-order valence-electron chi connectivity index (χ3n) is 1.52. The van der Waals surface area contributed by atoms with E-state index in [1.54, 1.807) is 0 Å². The number of carbonyl (C=O) groups is 1. The molecular formula is C10H19NO2. The Bertz CT molecular complexity index is 170. The van der Waals surface area contributed by atoms with Gasteiger partial charge in [-0.3, -0.25) is 4.79 Å². The molecule has 13 heavy (non-hydrogen) atoms. The van der Waals surface area contributed by atoms with Gasteiger partial charge in [0.15, 0.2) is 0 Å². The zero-order valence-electron chi connectivity index (χ0n) is 8.72. The zero-order valence-corrected chi connectivity index (χ0v) is 8.72. The molecule has 3 nitrogen and oxygen atoms in total. The van der Waals surface area contributed by atoms with Crippen LogP contribution < -0.4 is 5.32 Å². The number of hydrogen-bond acceptors (Lipinski definition) is 2. The second-order valence-corrected chi connectivity index (χ2v) is 3.90. The summed E-state index contributed by atoms with van der Waals surface area (Å²) in [4.78, 5) is 11.3. The molecule has 0 aromatic heterocycles. The molecule has 0 aromatic rings. The van der Waals surface area contributed by atoms with Crippen LogP contribution in [-0.4, -0.2) is 19.1 Å². The molecule has 0 radical (unpaired) electrons. The van der Waals surface area contributed by atoms with Crippen molar-refractivity contribution in [3.05, 3.63) is 12.8 Å². The van der Waals surface area contributed by atoms with Crippen LogP contribution in [-0.2, 0) is 9.53 Å². The van der Waals surface area contributed by atoms with Gasteiger partial charge < -0.3 is 10.1 Å². The molecule has 0 fully saturated rings. The first-order chi connectivity index (χ1) is 5.98. The van der Waals surface area contributed by atoms with Gasteiger partial charge in [0, 0.05) is 12.0 Å². The molecular weight excluding hydrogens is 166 g/mol. The largest absolute Gasteiger partial charge is 0.502 e. The van der Waals surface area contributed by atoms with E-state index in [0.29, 0.717) is 13.2 Å². The van der Waals surface area contributed by atoms with E-state index in [1.165, 1.54) is 6.26 Å². The minimum absolute atomic E-state index is 0.0751. The molecule has 0 unspecified atom stereocenters. The standard InChI is InChI=1S/C10H19NO2/c1-5-13-8-6-7-11-9(12)10(2,3)4/h5H,1,6-8H2,2-4H3,(H,11,12). The fourth-order valence-electron chi connectivity index (χ4n) is 0.706. The second kappa shape index (κ2) is 5.62. The summed E-state index contributed by atoms with van der Waals surface area (Å²) < 4.78 is 4.91. The SMILES string of the molecule is C=COCCCNC(=O)C(C)(C)C. The van der Waals surface area contributed by atoms with Crippen molar-refractivity contribution in [3.8, 4) is 0 Å². The van der Waals surface area contributed by atoms with Gasteiger partial charge in [0.1, 0.15) is 0 Å². The molecule has 3 heteroatoms. The number of carbonyl (C=O) groups excluding carboxylic acids is 1. The third kappa shape index (κ3) is 6.20. The second-order valence-electron chi connectivity index (χ2n) is 3.90. The molecule has 0 saturated carbocycles. The predicted octanol–water partition coefficient (Wildman–Crippen LogP) is 1.70. The lowest BCUT2D eigenvalue weighted by Gasteiger charge is -2.17. The summed E-state index contributed by atoms with van der Waals surface area (Å²) in [6.07, 6.45) is 2.22. The van der Waals surface area contributed by atoms with Gasteiger partial charge in [-0.05, 0) is 6.42 Å². The normalized spacial score (nSPS) is 10.7. The van der Waals surface area contributed by atoms with Gasteiger partial charge >= 0.3 is 0 Å². The van der Waals surface area contributed by atoms with Gasteiger partial charge in [0.2, 0.25) is 5.91 Å². The lowest BCUT2D eigenvalue weighted by atomic mass is 9.96. The third-order valence-corrected chi connectivity index (χ3v) is 1.52. The van der Waals surface area contributed by atoms with Crippen LogP contribution in [0.4, 0.5) is 0 Å². The maximum absolute atomic E-state index is 11.3.